The van der Waals surface area contributed by atoms with E-state index in [1.165, 1.54) is 11.1 Å². The molecule has 4 nitrogen and oxygen atoms in total. The van der Waals surface area contributed by atoms with E-state index in [0.717, 1.165) is 27.6 Å². The molecule has 3 aromatic rings. The molecule has 2 aromatic carbocycles. The van der Waals surface area contributed by atoms with Gasteiger partial charge in [-0.2, -0.15) is 0 Å². The maximum atomic E-state index is 12.5. The molecule has 1 heterocycles. The minimum atomic E-state index is -0.0305. The Morgan fingerprint density at radius 3 is 2.63 bits per heavy atom. The lowest BCUT2D eigenvalue weighted by Crippen LogP contribution is -2.28. The largest absolute Gasteiger partial charge is 0.497 e. The van der Waals surface area contributed by atoms with E-state index in [4.69, 9.17) is 4.74 Å². The van der Waals surface area contributed by atoms with Gasteiger partial charge in [0.25, 0.3) is 0 Å². The minimum absolute atomic E-state index is 0.0185. The molecule has 0 bridgehead atoms. The number of thiazole rings is 1. The smallest absolute Gasteiger partial charge is 0.226 e. The van der Waals surface area contributed by atoms with Crippen molar-refractivity contribution in [3.05, 3.63) is 70.2 Å². The number of aromatic nitrogens is 1. The molecule has 0 aliphatic carbocycles. The molecule has 3 rings (SSSR count). The Labute approximate surface area is 164 Å². The van der Waals surface area contributed by atoms with Crippen molar-refractivity contribution >= 4 is 17.2 Å². The summed E-state index contributed by atoms with van der Waals surface area (Å²) in [5.41, 5.74) is 5.34. The van der Waals surface area contributed by atoms with Gasteiger partial charge in [0.1, 0.15) is 10.8 Å². The van der Waals surface area contributed by atoms with Crippen LogP contribution in [0.4, 0.5) is 0 Å². The lowest BCUT2D eigenvalue weighted by atomic mass is 10.00. The van der Waals surface area contributed by atoms with Crippen molar-refractivity contribution in [3.63, 3.8) is 0 Å². The molecule has 0 fully saturated rings. The summed E-state index contributed by atoms with van der Waals surface area (Å²) >= 11 is 1.55. The first kappa shape index (κ1) is 19.1. The number of nitrogens with zero attached hydrogens (tertiary/aromatic N) is 1. The predicted molar refractivity (Wildman–Crippen MR) is 110 cm³/mol. The summed E-state index contributed by atoms with van der Waals surface area (Å²) in [6.45, 7) is 6.15. The monoisotopic (exact) mass is 380 g/mol. The summed E-state index contributed by atoms with van der Waals surface area (Å²) in [6, 6.07) is 14.1. The van der Waals surface area contributed by atoms with E-state index in [2.05, 4.69) is 42.3 Å². The Balaban J connectivity index is 1.64. The predicted octanol–water partition coefficient (Wildman–Crippen LogP) is 4.86. The van der Waals surface area contributed by atoms with Crippen molar-refractivity contribution < 1.29 is 9.53 Å². The Hall–Kier alpha value is -2.66. The Bertz CT molecular complexity index is 932. The lowest BCUT2D eigenvalue weighted by Gasteiger charge is -2.17. The minimum Gasteiger partial charge on any atom is -0.497 e. The highest BCUT2D eigenvalue weighted by atomic mass is 32.1. The Kier molecular flexibility index (Phi) is 5.91. The highest BCUT2D eigenvalue weighted by Gasteiger charge is 2.14. The van der Waals surface area contributed by atoms with Gasteiger partial charge in [0, 0.05) is 10.9 Å². The maximum Gasteiger partial charge on any atom is 0.226 e. The molecule has 27 heavy (non-hydrogen) atoms. The van der Waals surface area contributed by atoms with Gasteiger partial charge in [-0.05, 0) is 56.2 Å². The molecule has 1 N–H and O–H groups in total. The third kappa shape index (κ3) is 4.74. The van der Waals surface area contributed by atoms with Gasteiger partial charge >= 0.3 is 0 Å². The molecule has 0 aliphatic heterocycles. The molecule has 1 atom stereocenters. The van der Waals surface area contributed by atoms with Crippen LogP contribution in [0.5, 0.6) is 5.75 Å². The number of benzene rings is 2. The Morgan fingerprint density at radius 1 is 1.19 bits per heavy atom. The normalized spacial score (nSPS) is 11.9. The zero-order chi connectivity index (χ0) is 19.4. The van der Waals surface area contributed by atoms with Crippen LogP contribution >= 0.6 is 11.3 Å². The number of rotatable bonds is 6. The number of ether oxygens (including phenoxy) is 1. The van der Waals surface area contributed by atoms with Crippen molar-refractivity contribution in [2.24, 2.45) is 0 Å². The molecule has 0 radical (unpaired) electrons. The summed E-state index contributed by atoms with van der Waals surface area (Å²) in [5, 5.41) is 5.94. The van der Waals surface area contributed by atoms with E-state index in [1.807, 2.05) is 36.6 Å². The summed E-state index contributed by atoms with van der Waals surface area (Å²) in [4.78, 5) is 17.1. The van der Waals surface area contributed by atoms with Crippen molar-refractivity contribution in [3.8, 4) is 16.3 Å². The number of carbonyl (C=O) groups excluding carboxylic acids is 1. The molecule has 1 aromatic heterocycles. The quantitative estimate of drug-likeness (QED) is 0.665. The van der Waals surface area contributed by atoms with Gasteiger partial charge in [-0.15, -0.1) is 11.3 Å². The van der Waals surface area contributed by atoms with Crippen LogP contribution in [0, 0.1) is 13.8 Å². The average molecular weight is 381 g/mol. The van der Waals surface area contributed by atoms with Gasteiger partial charge in [-0.1, -0.05) is 23.8 Å². The van der Waals surface area contributed by atoms with Crippen LogP contribution in [-0.4, -0.2) is 18.0 Å². The van der Waals surface area contributed by atoms with E-state index in [-0.39, 0.29) is 18.4 Å². The number of aryl methyl sites for hydroxylation is 2. The van der Waals surface area contributed by atoms with Gasteiger partial charge in [0.05, 0.1) is 25.3 Å². The average Bonchev–Trinajstić information content (AvgIpc) is 3.12. The summed E-state index contributed by atoms with van der Waals surface area (Å²) < 4.78 is 5.18. The van der Waals surface area contributed by atoms with Gasteiger partial charge in [0.2, 0.25) is 5.91 Å². The molecular weight excluding hydrogens is 356 g/mol. The molecule has 140 valence electrons. The van der Waals surface area contributed by atoms with E-state index in [0.29, 0.717) is 0 Å². The number of nitrogens with one attached hydrogen (secondary N) is 1. The van der Waals surface area contributed by atoms with Crippen LogP contribution < -0.4 is 10.1 Å². The topological polar surface area (TPSA) is 51.2 Å². The fourth-order valence-electron chi connectivity index (χ4n) is 3.02. The third-order valence-electron chi connectivity index (χ3n) is 4.51. The SMILES string of the molecule is COc1ccc(-c2nc(CC(=O)NC(C)c3cc(C)ccc3C)cs2)cc1. The number of hydrogen-bond acceptors (Lipinski definition) is 4. The van der Waals surface area contributed by atoms with Gasteiger partial charge in [0.15, 0.2) is 0 Å². The fourth-order valence-corrected chi connectivity index (χ4v) is 3.84. The Morgan fingerprint density at radius 2 is 1.93 bits per heavy atom. The second-order valence-corrected chi connectivity index (χ2v) is 7.56. The van der Waals surface area contributed by atoms with Gasteiger partial charge in [-0.3, -0.25) is 4.79 Å². The van der Waals surface area contributed by atoms with E-state index in [1.54, 1.807) is 18.4 Å². The van der Waals surface area contributed by atoms with Crippen LogP contribution in [-0.2, 0) is 11.2 Å². The zero-order valence-corrected chi connectivity index (χ0v) is 16.9. The maximum absolute atomic E-state index is 12.5. The van der Waals surface area contributed by atoms with Crippen molar-refractivity contribution in [2.75, 3.05) is 7.11 Å². The summed E-state index contributed by atoms with van der Waals surface area (Å²) in [5.74, 6) is 0.797. The molecular formula is C22H24N2O2S. The number of amides is 1. The van der Waals surface area contributed by atoms with Crippen LogP contribution in [0.2, 0.25) is 0 Å². The summed E-state index contributed by atoms with van der Waals surface area (Å²) in [7, 11) is 1.65. The molecule has 1 amide bonds. The second-order valence-electron chi connectivity index (χ2n) is 6.70. The first-order valence-electron chi connectivity index (χ1n) is 8.91. The van der Waals surface area contributed by atoms with Crippen molar-refractivity contribution in [2.45, 2.75) is 33.2 Å². The number of carbonyl (C=O) groups is 1. The number of hydrogen-bond donors (Lipinski definition) is 1. The standard InChI is InChI=1S/C22H24N2O2S/c1-14-5-6-15(2)20(11-14)16(3)23-21(25)12-18-13-27-22(24-18)17-7-9-19(26-4)10-8-17/h5-11,13,16H,12H2,1-4H3,(H,23,25). The van der Waals surface area contributed by atoms with Crippen LogP contribution in [0.3, 0.4) is 0 Å². The molecule has 0 saturated carbocycles. The fraction of sp³-hybridized carbons (Fsp3) is 0.273. The summed E-state index contributed by atoms with van der Waals surface area (Å²) in [6.07, 6.45) is 0.280. The van der Waals surface area contributed by atoms with Crippen LogP contribution in [0.1, 0.15) is 35.3 Å². The first-order chi connectivity index (χ1) is 13.0. The van der Waals surface area contributed by atoms with E-state index >= 15 is 0 Å². The van der Waals surface area contributed by atoms with E-state index in [9.17, 15) is 4.79 Å². The van der Waals surface area contributed by atoms with Crippen LogP contribution in [0.25, 0.3) is 10.6 Å². The number of methoxy groups -OCH3 is 1. The highest BCUT2D eigenvalue weighted by Crippen LogP contribution is 2.26. The molecule has 0 saturated heterocycles. The van der Waals surface area contributed by atoms with Crippen molar-refractivity contribution in [1.82, 2.24) is 10.3 Å². The van der Waals surface area contributed by atoms with Gasteiger partial charge in [-0.25, -0.2) is 4.98 Å². The van der Waals surface area contributed by atoms with Crippen LogP contribution in [0.15, 0.2) is 47.8 Å². The third-order valence-corrected chi connectivity index (χ3v) is 5.45. The molecule has 5 heteroatoms. The van der Waals surface area contributed by atoms with Crippen molar-refractivity contribution in [1.29, 1.82) is 0 Å². The highest BCUT2D eigenvalue weighted by molar-refractivity contribution is 7.13. The first-order valence-corrected chi connectivity index (χ1v) is 9.79. The zero-order valence-electron chi connectivity index (χ0n) is 16.1. The molecule has 1 unspecified atom stereocenters. The molecule has 0 spiro atoms. The second kappa shape index (κ2) is 8.35. The van der Waals surface area contributed by atoms with Gasteiger partial charge < -0.3 is 10.1 Å². The van der Waals surface area contributed by atoms with E-state index < -0.39 is 0 Å². The molecule has 0 aliphatic rings. The lowest BCUT2D eigenvalue weighted by molar-refractivity contribution is -0.121.